The highest BCUT2D eigenvalue weighted by Gasteiger charge is 2.36. The van der Waals surface area contributed by atoms with E-state index in [1.54, 1.807) is 23.0 Å². The zero-order valence-corrected chi connectivity index (χ0v) is 16.0. The van der Waals surface area contributed by atoms with Gasteiger partial charge in [-0.05, 0) is 30.5 Å². The van der Waals surface area contributed by atoms with E-state index in [4.69, 9.17) is 0 Å². The number of amides is 3. The third kappa shape index (κ3) is 4.24. The number of thioether (sulfide) groups is 1. The Morgan fingerprint density at radius 2 is 2.19 bits per heavy atom. The van der Waals surface area contributed by atoms with Crippen molar-refractivity contribution in [2.24, 2.45) is 7.05 Å². The van der Waals surface area contributed by atoms with Gasteiger partial charge in [0, 0.05) is 37.6 Å². The Hall–Kier alpha value is -2.55. The topological polar surface area (TPSA) is 83.4 Å². The van der Waals surface area contributed by atoms with Gasteiger partial charge in [0.15, 0.2) is 5.16 Å². The summed E-state index contributed by atoms with van der Waals surface area (Å²) in [4.78, 5) is 28.2. The number of carbonyl (C=O) groups is 2. The monoisotopic (exact) mass is 386 g/mol. The van der Waals surface area contributed by atoms with Crippen molar-refractivity contribution in [3.63, 3.8) is 0 Å². The highest BCUT2D eigenvalue weighted by atomic mass is 32.2. The summed E-state index contributed by atoms with van der Waals surface area (Å²) in [6.07, 6.45) is 3.86. The van der Waals surface area contributed by atoms with E-state index < -0.39 is 0 Å². The molecule has 2 heterocycles. The Labute approximate surface area is 161 Å². The molecule has 1 aliphatic carbocycles. The molecule has 9 heteroatoms. The van der Waals surface area contributed by atoms with Crippen LogP contribution in [0.2, 0.25) is 0 Å². The van der Waals surface area contributed by atoms with Crippen LogP contribution in [0.4, 0.5) is 10.5 Å². The van der Waals surface area contributed by atoms with Gasteiger partial charge < -0.3 is 19.7 Å². The molecular formula is C18H22N6O2S. The molecule has 27 heavy (non-hydrogen) atoms. The van der Waals surface area contributed by atoms with Crippen LogP contribution in [0.1, 0.15) is 18.4 Å². The number of hydrogen-bond acceptors (Lipinski definition) is 5. The van der Waals surface area contributed by atoms with Gasteiger partial charge in [-0.3, -0.25) is 4.79 Å². The lowest BCUT2D eigenvalue weighted by molar-refractivity contribution is -0.135. The molecule has 4 rings (SSSR count). The molecule has 0 radical (unpaired) electrons. The predicted molar refractivity (Wildman–Crippen MR) is 102 cm³/mol. The summed E-state index contributed by atoms with van der Waals surface area (Å²) in [7, 11) is 1.91. The number of anilines is 1. The summed E-state index contributed by atoms with van der Waals surface area (Å²) >= 11 is 1.59. The SMILES string of the molecule is Cn1cnnc1SCc1cccc(NC(=O)N2CCN(C3CC3)C(=O)C2)c1. The van der Waals surface area contributed by atoms with Gasteiger partial charge in [-0.25, -0.2) is 4.79 Å². The Bertz CT molecular complexity index is 850. The van der Waals surface area contributed by atoms with Gasteiger partial charge >= 0.3 is 6.03 Å². The second-order valence-electron chi connectivity index (χ2n) is 6.88. The van der Waals surface area contributed by atoms with E-state index in [0.717, 1.165) is 35.0 Å². The molecule has 1 N–H and O–H groups in total. The average Bonchev–Trinajstić information content (AvgIpc) is 3.42. The summed E-state index contributed by atoms with van der Waals surface area (Å²) in [5.41, 5.74) is 1.81. The molecule has 1 aromatic heterocycles. The molecular weight excluding hydrogens is 364 g/mol. The Morgan fingerprint density at radius 3 is 2.89 bits per heavy atom. The zero-order chi connectivity index (χ0) is 18.8. The molecule has 2 aliphatic rings. The van der Waals surface area contributed by atoms with Crippen LogP contribution in [0.5, 0.6) is 0 Å². The minimum atomic E-state index is -0.225. The van der Waals surface area contributed by atoms with Gasteiger partial charge in [0.05, 0.1) is 0 Å². The summed E-state index contributed by atoms with van der Waals surface area (Å²) in [5.74, 6) is 0.780. The molecule has 2 aromatic rings. The first-order valence-corrected chi connectivity index (χ1v) is 10.00. The van der Waals surface area contributed by atoms with Crippen molar-refractivity contribution in [2.45, 2.75) is 29.8 Å². The smallest absolute Gasteiger partial charge is 0.322 e. The van der Waals surface area contributed by atoms with Crippen LogP contribution >= 0.6 is 11.8 Å². The highest BCUT2D eigenvalue weighted by Crippen LogP contribution is 2.28. The van der Waals surface area contributed by atoms with Crippen molar-refractivity contribution in [3.05, 3.63) is 36.2 Å². The summed E-state index contributed by atoms with van der Waals surface area (Å²) < 4.78 is 1.87. The van der Waals surface area contributed by atoms with Gasteiger partial charge in [0.1, 0.15) is 12.9 Å². The van der Waals surface area contributed by atoms with Crippen molar-refractivity contribution in [1.82, 2.24) is 24.6 Å². The van der Waals surface area contributed by atoms with Gasteiger partial charge in [0.25, 0.3) is 0 Å². The average molecular weight is 386 g/mol. The normalized spacial score (nSPS) is 17.3. The number of hydrogen-bond donors (Lipinski definition) is 1. The quantitative estimate of drug-likeness (QED) is 0.794. The van der Waals surface area contributed by atoms with Crippen LogP contribution < -0.4 is 5.32 Å². The Kier molecular flexibility index (Phi) is 5.02. The number of piperazine rings is 1. The summed E-state index contributed by atoms with van der Waals surface area (Å²) in [5, 5.41) is 11.7. The van der Waals surface area contributed by atoms with Crippen LogP contribution in [0.15, 0.2) is 35.7 Å². The molecule has 1 aromatic carbocycles. The first-order valence-electron chi connectivity index (χ1n) is 9.01. The first kappa shape index (κ1) is 17.8. The van der Waals surface area contributed by atoms with E-state index in [2.05, 4.69) is 15.5 Å². The molecule has 1 aliphatic heterocycles. The lowest BCUT2D eigenvalue weighted by Gasteiger charge is -2.34. The molecule has 3 amide bonds. The van der Waals surface area contributed by atoms with Crippen LogP contribution in [0.3, 0.4) is 0 Å². The highest BCUT2D eigenvalue weighted by molar-refractivity contribution is 7.98. The molecule has 0 atom stereocenters. The largest absolute Gasteiger partial charge is 0.336 e. The van der Waals surface area contributed by atoms with Gasteiger partial charge in [-0.1, -0.05) is 23.9 Å². The number of aryl methyl sites for hydroxylation is 1. The van der Waals surface area contributed by atoms with Crippen molar-refractivity contribution in [1.29, 1.82) is 0 Å². The number of benzene rings is 1. The Balaban J connectivity index is 1.33. The number of carbonyl (C=O) groups excluding carboxylic acids is 2. The number of rotatable bonds is 5. The fourth-order valence-corrected chi connectivity index (χ4v) is 3.96. The van der Waals surface area contributed by atoms with Gasteiger partial charge in [-0.15, -0.1) is 10.2 Å². The molecule has 0 bridgehead atoms. The Morgan fingerprint density at radius 1 is 1.33 bits per heavy atom. The van der Waals surface area contributed by atoms with Crippen molar-refractivity contribution < 1.29 is 9.59 Å². The fourth-order valence-electron chi connectivity index (χ4n) is 3.12. The molecule has 8 nitrogen and oxygen atoms in total. The van der Waals surface area contributed by atoms with Crippen LogP contribution in [0.25, 0.3) is 0 Å². The van der Waals surface area contributed by atoms with E-state index in [1.807, 2.05) is 40.8 Å². The van der Waals surface area contributed by atoms with Crippen LogP contribution in [-0.2, 0) is 17.6 Å². The van der Waals surface area contributed by atoms with Crippen molar-refractivity contribution in [2.75, 3.05) is 25.0 Å². The second-order valence-corrected chi connectivity index (χ2v) is 7.83. The number of aromatic nitrogens is 3. The van der Waals surface area contributed by atoms with Crippen molar-refractivity contribution >= 4 is 29.4 Å². The minimum Gasteiger partial charge on any atom is -0.336 e. The van der Waals surface area contributed by atoms with Crippen LogP contribution in [0, 0.1) is 0 Å². The standard InChI is InChI=1S/C18H22N6O2S/c1-22-12-19-21-18(22)27-11-13-3-2-4-14(9-13)20-17(26)23-7-8-24(15-5-6-15)16(25)10-23/h2-4,9,12,15H,5-8,10-11H2,1H3,(H,20,26). The minimum absolute atomic E-state index is 0.0488. The molecule has 1 saturated heterocycles. The third-order valence-corrected chi connectivity index (χ3v) is 5.85. The maximum atomic E-state index is 12.5. The lowest BCUT2D eigenvalue weighted by Crippen LogP contribution is -2.53. The fraction of sp³-hybridized carbons (Fsp3) is 0.444. The predicted octanol–water partition coefficient (Wildman–Crippen LogP) is 1.95. The van der Waals surface area contributed by atoms with E-state index >= 15 is 0 Å². The third-order valence-electron chi connectivity index (χ3n) is 4.75. The second kappa shape index (κ2) is 7.59. The maximum absolute atomic E-state index is 12.5. The molecule has 142 valence electrons. The van der Waals surface area contributed by atoms with E-state index in [9.17, 15) is 9.59 Å². The summed E-state index contributed by atoms with van der Waals surface area (Å²) in [6, 6.07) is 7.91. The summed E-state index contributed by atoms with van der Waals surface area (Å²) in [6.45, 7) is 1.37. The zero-order valence-electron chi connectivity index (χ0n) is 15.2. The first-order chi connectivity index (χ1) is 13.1. The van der Waals surface area contributed by atoms with Crippen LogP contribution in [-0.4, -0.2) is 62.2 Å². The van der Waals surface area contributed by atoms with Crippen molar-refractivity contribution in [3.8, 4) is 0 Å². The van der Waals surface area contributed by atoms with Gasteiger partial charge in [-0.2, -0.15) is 0 Å². The van der Waals surface area contributed by atoms with E-state index in [-0.39, 0.29) is 18.5 Å². The molecule has 2 fully saturated rings. The molecule has 0 unspecified atom stereocenters. The van der Waals surface area contributed by atoms with E-state index in [1.165, 1.54) is 0 Å². The molecule has 1 saturated carbocycles. The molecule has 0 spiro atoms. The number of nitrogens with one attached hydrogen (secondary N) is 1. The number of urea groups is 1. The number of nitrogens with zero attached hydrogens (tertiary/aromatic N) is 5. The van der Waals surface area contributed by atoms with E-state index in [0.29, 0.717) is 19.1 Å². The lowest BCUT2D eigenvalue weighted by atomic mass is 10.2. The maximum Gasteiger partial charge on any atom is 0.322 e. The van der Waals surface area contributed by atoms with Gasteiger partial charge in [0.2, 0.25) is 5.91 Å².